The largest absolute Gasteiger partial charge is 0.480 e. The van der Waals surface area contributed by atoms with E-state index in [2.05, 4.69) is 4.98 Å². The number of hydrogen-bond donors (Lipinski definition) is 1. The number of carboxylic acids is 1. The monoisotopic (exact) mass is 276 g/mol. The Balaban J connectivity index is 2.23. The Morgan fingerprint density at radius 2 is 2.00 bits per heavy atom. The van der Waals surface area contributed by atoms with Gasteiger partial charge in [0.2, 0.25) is 0 Å². The lowest BCUT2D eigenvalue weighted by Gasteiger charge is -2.31. The van der Waals surface area contributed by atoms with Crippen molar-refractivity contribution in [3.63, 3.8) is 0 Å². The third-order valence-electron chi connectivity index (χ3n) is 3.80. The van der Waals surface area contributed by atoms with E-state index in [4.69, 9.17) is 0 Å². The Labute approximate surface area is 118 Å². The number of carbonyl (C=O) groups is 2. The zero-order valence-electron chi connectivity index (χ0n) is 11.8. The molecule has 0 aliphatic carbocycles. The molecule has 2 rings (SSSR count). The molecule has 0 amide bonds. The molecule has 108 valence electrons. The number of ketones is 1. The Bertz CT molecular complexity index is 487. The average molecular weight is 276 g/mol. The Hall–Kier alpha value is -1.75. The van der Waals surface area contributed by atoms with Crippen LogP contribution in [0.25, 0.3) is 0 Å². The molecule has 0 unspecified atom stereocenters. The number of rotatable bonds is 5. The van der Waals surface area contributed by atoms with Gasteiger partial charge >= 0.3 is 5.97 Å². The number of carboxylic acid groups (broad SMARTS) is 1. The molecular weight excluding hydrogens is 256 g/mol. The van der Waals surface area contributed by atoms with Gasteiger partial charge in [-0.15, -0.1) is 0 Å². The predicted octanol–water partition coefficient (Wildman–Crippen LogP) is 1.84. The minimum absolute atomic E-state index is 0.00296. The highest BCUT2D eigenvalue weighted by atomic mass is 16.4. The lowest BCUT2D eigenvalue weighted by molar-refractivity contribution is -0.145. The third kappa shape index (κ3) is 2.88. The van der Waals surface area contributed by atoms with Crippen LogP contribution in [-0.4, -0.2) is 45.4 Å². The highest BCUT2D eigenvalue weighted by Gasteiger charge is 2.40. The number of nitrogens with zero attached hydrogens (tertiary/aromatic N) is 2. The fourth-order valence-corrected chi connectivity index (χ4v) is 2.92. The Kier molecular flexibility index (Phi) is 4.49. The van der Waals surface area contributed by atoms with Gasteiger partial charge in [0.25, 0.3) is 0 Å². The maximum atomic E-state index is 12.5. The summed E-state index contributed by atoms with van der Waals surface area (Å²) in [6.45, 7) is 4.42. The summed E-state index contributed by atoms with van der Waals surface area (Å²) in [5.41, 5.74) is 0.602. The Morgan fingerprint density at radius 3 is 2.55 bits per heavy atom. The maximum Gasteiger partial charge on any atom is 0.321 e. The highest BCUT2D eigenvalue weighted by molar-refractivity contribution is 6.00. The minimum Gasteiger partial charge on any atom is -0.480 e. The normalized spacial score (nSPS) is 21.1. The standard InChI is InChI=1S/C15H20N2O3/c1-10(2)13(15(19)20)17-9-3-4-12(17)14(18)11-5-7-16-8-6-11/h5-8,10,12-13H,3-4,9H2,1-2H3,(H,19,20)/t12-,13-/m0/s1. The number of aromatic nitrogens is 1. The molecule has 0 saturated carbocycles. The molecule has 1 aromatic rings. The molecule has 0 bridgehead atoms. The summed E-state index contributed by atoms with van der Waals surface area (Å²) in [5, 5.41) is 9.41. The van der Waals surface area contributed by atoms with Crippen molar-refractivity contribution in [2.24, 2.45) is 5.92 Å². The van der Waals surface area contributed by atoms with Gasteiger partial charge in [0, 0.05) is 18.0 Å². The van der Waals surface area contributed by atoms with Crippen LogP contribution in [0.5, 0.6) is 0 Å². The SMILES string of the molecule is CC(C)[C@@H](C(=O)O)N1CCC[C@H]1C(=O)c1ccncc1. The molecular formula is C15H20N2O3. The third-order valence-corrected chi connectivity index (χ3v) is 3.80. The van der Waals surface area contributed by atoms with Crippen molar-refractivity contribution in [3.8, 4) is 0 Å². The average Bonchev–Trinajstić information content (AvgIpc) is 2.87. The summed E-state index contributed by atoms with van der Waals surface area (Å²) in [5.74, 6) is -0.885. The van der Waals surface area contributed by atoms with Crippen LogP contribution in [0.2, 0.25) is 0 Å². The van der Waals surface area contributed by atoms with Gasteiger partial charge in [0.1, 0.15) is 6.04 Å². The van der Waals surface area contributed by atoms with Crippen LogP contribution in [0.4, 0.5) is 0 Å². The first-order valence-corrected chi connectivity index (χ1v) is 6.95. The van der Waals surface area contributed by atoms with Gasteiger partial charge in [-0.25, -0.2) is 0 Å². The van der Waals surface area contributed by atoms with Crippen molar-refractivity contribution < 1.29 is 14.7 Å². The summed E-state index contributed by atoms with van der Waals surface area (Å²) in [6, 6.07) is 2.43. The summed E-state index contributed by atoms with van der Waals surface area (Å²) in [7, 11) is 0. The zero-order valence-corrected chi connectivity index (χ0v) is 11.8. The molecule has 5 heteroatoms. The fourth-order valence-electron chi connectivity index (χ4n) is 2.92. The van der Waals surface area contributed by atoms with Crippen LogP contribution in [0, 0.1) is 5.92 Å². The van der Waals surface area contributed by atoms with Crippen molar-refractivity contribution in [2.45, 2.75) is 38.8 Å². The Morgan fingerprint density at radius 1 is 1.35 bits per heavy atom. The van der Waals surface area contributed by atoms with Gasteiger partial charge in [0.15, 0.2) is 5.78 Å². The summed E-state index contributed by atoms with van der Waals surface area (Å²) >= 11 is 0. The van der Waals surface area contributed by atoms with Crippen LogP contribution < -0.4 is 0 Å². The second-order valence-corrected chi connectivity index (χ2v) is 5.52. The minimum atomic E-state index is -0.852. The molecule has 0 radical (unpaired) electrons. The molecule has 1 N–H and O–H groups in total. The molecule has 2 heterocycles. The number of Topliss-reactive ketones (excluding diaryl/α,β-unsaturated/α-hetero) is 1. The summed E-state index contributed by atoms with van der Waals surface area (Å²) < 4.78 is 0. The van der Waals surface area contributed by atoms with Crippen molar-refractivity contribution in [2.75, 3.05) is 6.54 Å². The van der Waals surface area contributed by atoms with E-state index in [1.165, 1.54) is 0 Å². The first-order valence-electron chi connectivity index (χ1n) is 6.95. The number of pyridine rings is 1. The number of likely N-dealkylation sites (tertiary alicyclic amines) is 1. The quantitative estimate of drug-likeness (QED) is 0.831. The lowest BCUT2D eigenvalue weighted by Crippen LogP contribution is -2.49. The molecule has 2 atom stereocenters. The molecule has 1 aliphatic rings. The van der Waals surface area contributed by atoms with E-state index in [9.17, 15) is 14.7 Å². The van der Waals surface area contributed by atoms with E-state index in [1.807, 2.05) is 18.7 Å². The molecule has 0 spiro atoms. The van der Waals surface area contributed by atoms with E-state index >= 15 is 0 Å². The van der Waals surface area contributed by atoms with Gasteiger partial charge in [0.05, 0.1) is 6.04 Å². The van der Waals surface area contributed by atoms with E-state index < -0.39 is 12.0 Å². The number of hydrogen-bond acceptors (Lipinski definition) is 4. The van der Waals surface area contributed by atoms with E-state index in [-0.39, 0.29) is 17.7 Å². The van der Waals surface area contributed by atoms with Crippen LogP contribution in [0.3, 0.4) is 0 Å². The van der Waals surface area contributed by atoms with Crippen LogP contribution >= 0.6 is 0 Å². The topological polar surface area (TPSA) is 70.5 Å². The van der Waals surface area contributed by atoms with Gasteiger partial charge < -0.3 is 5.11 Å². The first kappa shape index (κ1) is 14.7. The fraction of sp³-hybridized carbons (Fsp3) is 0.533. The van der Waals surface area contributed by atoms with E-state index in [1.54, 1.807) is 24.5 Å². The number of aliphatic carboxylic acids is 1. The van der Waals surface area contributed by atoms with Gasteiger partial charge in [-0.3, -0.25) is 19.5 Å². The van der Waals surface area contributed by atoms with E-state index in [0.717, 1.165) is 12.8 Å². The summed E-state index contributed by atoms with van der Waals surface area (Å²) in [6.07, 6.45) is 4.75. The van der Waals surface area contributed by atoms with Crippen LogP contribution in [-0.2, 0) is 4.79 Å². The molecule has 0 aromatic carbocycles. The van der Waals surface area contributed by atoms with Crippen LogP contribution in [0.15, 0.2) is 24.5 Å². The zero-order chi connectivity index (χ0) is 14.7. The molecule has 1 aliphatic heterocycles. The molecule has 20 heavy (non-hydrogen) atoms. The predicted molar refractivity (Wildman–Crippen MR) is 74.6 cm³/mol. The second kappa shape index (κ2) is 6.13. The molecule has 1 saturated heterocycles. The highest BCUT2D eigenvalue weighted by Crippen LogP contribution is 2.26. The van der Waals surface area contributed by atoms with Crippen LogP contribution in [0.1, 0.15) is 37.0 Å². The molecule has 1 aromatic heterocycles. The number of carbonyl (C=O) groups excluding carboxylic acids is 1. The van der Waals surface area contributed by atoms with E-state index in [0.29, 0.717) is 12.1 Å². The van der Waals surface area contributed by atoms with Gasteiger partial charge in [-0.2, -0.15) is 0 Å². The van der Waals surface area contributed by atoms with Crippen molar-refractivity contribution >= 4 is 11.8 Å². The van der Waals surface area contributed by atoms with Gasteiger partial charge in [-0.1, -0.05) is 13.8 Å². The second-order valence-electron chi connectivity index (χ2n) is 5.52. The molecule has 1 fully saturated rings. The summed E-state index contributed by atoms with van der Waals surface area (Å²) in [4.78, 5) is 29.8. The maximum absolute atomic E-state index is 12.5. The molecule has 5 nitrogen and oxygen atoms in total. The van der Waals surface area contributed by atoms with Crippen molar-refractivity contribution in [1.82, 2.24) is 9.88 Å². The van der Waals surface area contributed by atoms with Crippen molar-refractivity contribution in [1.29, 1.82) is 0 Å². The lowest BCUT2D eigenvalue weighted by atomic mass is 9.98. The van der Waals surface area contributed by atoms with Gasteiger partial charge in [-0.05, 0) is 37.4 Å². The van der Waals surface area contributed by atoms with Crippen molar-refractivity contribution in [3.05, 3.63) is 30.1 Å². The first-order chi connectivity index (χ1) is 9.52. The smallest absolute Gasteiger partial charge is 0.321 e.